The van der Waals surface area contributed by atoms with E-state index in [4.69, 9.17) is 21.1 Å². The van der Waals surface area contributed by atoms with E-state index >= 15 is 0 Å². The van der Waals surface area contributed by atoms with E-state index < -0.39 is 16.1 Å². The SMILES string of the molecule is CN(c1ccc(OC[C@H](O)CNC2(Cc3cccc(Cl)c3)CCOC2)cc1)S(C)(=O)=O. The molecule has 31 heavy (non-hydrogen) atoms. The minimum absolute atomic E-state index is 0.113. The molecule has 0 bridgehead atoms. The predicted octanol–water partition coefficient (Wildman–Crippen LogP) is 2.47. The van der Waals surface area contributed by atoms with E-state index in [1.165, 1.54) is 11.4 Å². The number of halogens is 1. The first-order valence-electron chi connectivity index (χ1n) is 10.1. The highest BCUT2D eigenvalue weighted by molar-refractivity contribution is 7.92. The fourth-order valence-corrected chi connectivity index (χ4v) is 4.23. The number of hydrogen-bond acceptors (Lipinski definition) is 6. The number of nitrogens with zero attached hydrogens (tertiary/aromatic N) is 1. The molecule has 0 aromatic heterocycles. The van der Waals surface area contributed by atoms with Crippen molar-refractivity contribution in [1.82, 2.24) is 5.32 Å². The Morgan fingerprint density at radius 1 is 1.29 bits per heavy atom. The van der Waals surface area contributed by atoms with Gasteiger partial charge < -0.3 is 19.9 Å². The summed E-state index contributed by atoms with van der Waals surface area (Å²) in [5.74, 6) is 0.558. The quantitative estimate of drug-likeness (QED) is 0.557. The van der Waals surface area contributed by atoms with Gasteiger partial charge in [0.15, 0.2) is 0 Å². The molecule has 1 aliphatic rings. The molecule has 2 N–H and O–H groups in total. The number of rotatable bonds is 10. The van der Waals surface area contributed by atoms with Crippen LogP contribution in [0.5, 0.6) is 5.75 Å². The Bertz CT molecular complexity index is 962. The van der Waals surface area contributed by atoms with Gasteiger partial charge in [0.05, 0.1) is 18.6 Å². The zero-order chi connectivity index (χ0) is 22.5. The molecule has 1 aliphatic heterocycles. The van der Waals surface area contributed by atoms with Gasteiger partial charge in [-0.05, 0) is 54.8 Å². The normalized spacial score (nSPS) is 19.9. The molecular formula is C22H29ClN2O5S. The monoisotopic (exact) mass is 468 g/mol. The van der Waals surface area contributed by atoms with Crippen LogP contribution in [-0.2, 0) is 21.2 Å². The number of sulfonamides is 1. The standard InChI is InChI=1S/C22H29ClN2O5S/c1-25(31(2,27)28)19-6-8-21(9-7-19)30-15-20(26)14-24-22(10-11-29-16-22)13-17-4-3-5-18(23)12-17/h3-9,12,20,24,26H,10-11,13-16H2,1-2H3/t20-,22?/m1/s1. The summed E-state index contributed by atoms with van der Waals surface area (Å²) in [5, 5.41) is 14.6. The van der Waals surface area contributed by atoms with Crippen molar-refractivity contribution >= 4 is 27.3 Å². The number of ether oxygens (including phenoxy) is 2. The van der Waals surface area contributed by atoms with Gasteiger partial charge in [0, 0.05) is 30.8 Å². The maximum Gasteiger partial charge on any atom is 0.231 e. The van der Waals surface area contributed by atoms with Crippen LogP contribution in [0.4, 0.5) is 5.69 Å². The molecule has 1 heterocycles. The fourth-order valence-electron chi connectivity index (χ4n) is 3.52. The van der Waals surface area contributed by atoms with Crippen molar-refractivity contribution < 1.29 is 23.0 Å². The molecule has 0 spiro atoms. The lowest BCUT2D eigenvalue weighted by atomic mass is 9.90. The van der Waals surface area contributed by atoms with Crippen molar-refractivity contribution in [2.75, 3.05) is 44.0 Å². The average Bonchev–Trinajstić information content (AvgIpc) is 3.18. The van der Waals surface area contributed by atoms with Crippen LogP contribution in [0.3, 0.4) is 0 Å². The topological polar surface area (TPSA) is 88.1 Å². The molecule has 2 atom stereocenters. The van der Waals surface area contributed by atoms with Crippen molar-refractivity contribution in [2.24, 2.45) is 0 Å². The summed E-state index contributed by atoms with van der Waals surface area (Å²) in [6.45, 7) is 1.72. The van der Waals surface area contributed by atoms with Crippen LogP contribution in [0.25, 0.3) is 0 Å². The highest BCUT2D eigenvalue weighted by Gasteiger charge is 2.35. The summed E-state index contributed by atoms with van der Waals surface area (Å²) in [7, 11) is -1.82. The minimum atomic E-state index is -3.31. The second kappa shape index (κ2) is 10.2. The van der Waals surface area contributed by atoms with Crippen LogP contribution < -0.4 is 14.4 Å². The summed E-state index contributed by atoms with van der Waals surface area (Å²) >= 11 is 6.11. The number of anilines is 1. The summed E-state index contributed by atoms with van der Waals surface area (Å²) in [6, 6.07) is 14.5. The molecule has 170 valence electrons. The van der Waals surface area contributed by atoms with Crippen molar-refractivity contribution in [3.63, 3.8) is 0 Å². The third-order valence-corrected chi connectivity index (χ3v) is 6.83. The van der Waals surface area contributed by atoms with E-state index in [-0.39, 0.29) is 12.1 Å². The van der Waals surface area contributed by atoms with Gasteiger partial charge in [-0.2, -0.15) is 0 Å². The number of benzene rings is 2. The summed E-state index contributed by atoms with van der Waals surface area (Å²) in [4.78, 5) is 0. The minimum Gasteiger partial charge on any atom is -0.491 e. The third-order valence-electron chi connectivity index (χ3n) is 5.39. The maximum absolute atomic E-state index is 11.6. The first-order valence-corrected chi connectivity index (χ1v) is 12.3. The lowest BCUT2D eigenvalue weighted by Crippen LogP contribution is -2.51. The van der Waals surface area contributed by atoms with Gasteiger partial charge in [0.2, 0.25) is 10.0 Å². The summed E-state index contributed by atoms with van der Waals surface area (Å²) in [5.41, 5.74) is 1.42. The Kier molecular flexibility index (Phi) is 7.82. The second-order valence-corrected chi connectivity index (χ2v) is 10.4. The Morgan fingerprint density at radius 2 is 2.03 bits per heavy atom. The van der Waals surface area contributed by atoms with Gasteiger partial charge in [0.1, 0.15) is 18.5 Å². The molecule has 0 amide bonds. The molecule has 0 saturated carbocycles. The van der Waals surface area contributed by atoms with Crippen LogP contribution in [0.2, 0.25) is 5.02 Å². The van der Waals surface area contributed by atoms with Crippen LogP contribution in [-0.4, -0.2) is 64.8 Å². The molecule has 0 radical (unpaired) electrons. The largest absolute Gasteiger partial charge is 0.491 e. The van der Waals surface area contributed by atoms with Gasteiger partial charge in [0.25, 0.3) is 0 Å². The van der Waals surface area contributed by atoms with Crippen molar-refractivity contribution in [2.45, 2.75) is 24.5 Å². The maximum atomic E-state index is 11.6. The number of aliphatic hydroxyl groups is 1. The molecule has 2 aromatic carbocycles. The zero-order valence-corrected chi connectivity index (χ0v) is 19.3. The number of hydrogen-bond donors (Lipinski definition) is 2. The summed E-state index contributed by atoms with van der Waals surface area (Å²) < 4.78 is 35.7. The van der Waals surface area contributed by atoms with E-state index in [1.807, 2.05) is 24.3 Å². The Hall–Kier alpha value is -1.84. The molecule has 2 aromatic rings. The van der Waals surface area contributed by atoms with Gasteiger partial charge in [-0.1, -0.05) is 23.7 Å². The number of nitrogens with one attached hydrogen (secondary N) is 1. The summed E-state index contributed by atoms with van der Waals surface area (Å²) in [6.07, 6.45) is 2.05. The fraction of sp³-hybridized carbons (Fsp3) is 0.455. The molecule has 7 nitrogen and oxygen atoms in total. The Labute approximate surface area is 189 Å². The zero-order valence-electron chi connectivity index (χ0n) is 17.8. The highest BCUT2D eigenvalue weighted by Crippen LogP contribution is 2.25. The second-order valence-electron chi connectivity index (χ2n) is 7.96. The van der Waals surface area contributed by atoms with Gasteiger partial charge >= 0.3 is 0 Å². The molecule has 3 rings (SSSR count). The van der Waals surface area contributed by atoms with E-state index in [1.54, 1.807) is 24.3 Å². The molecule has 1 fully saturated rings. The molecule has 9 heteroatoms. The van der Waals surface area contributed by atoms with Crippen molar-refractivity contribution in [1.29, 1.82) is 0 Å². The molecule has 0 aliphatic carbocycles. The first-order chi connectivity index (χ1) is 14.7. The van der Waals surface area contributed by atoms with Gasteiger partial charge in [-0.25, -0.2) is 8.42 Å². The van der Waals surface area contributed by atoms with Crippen LogP contribution >= 0.6 is 11.6 Å². The average molecular weight is 469 g/mol. The Balaban J connectivity index is 1.51. The van der Waals surface area contributed by atoms with Gasteiger partial charge in [-0.3, -0.25) is 4.31 Å². The number of β-amino-alcohol motifs (C(OH)–C–C–N with tert-alkyl or cyclic N) is 1. The van der Waals surface area contributed by atoms with Crippen molar-refractivity contribution in [3.8, 4) is 5.75 Å². The van der Waals surface area contributed by atoms with Crippen LogP contribution in [0, 0.1) is 0 Å². The Morgan fingerprint density at radius 3 is 2.65 bits per heavy atom. The van der Waals surface area contributed by atoms with Gasteiger partial charge in [-0.15, -0.1) is 0 Å². The predicted molar refractivity (Wildman–Crippen MR) is 123 cm³/mol. The smallest absolute Gasteiger partial charge is 0.231 e. The van der Waals surface area contributed by atoms with Crippen LogP contribution in [0.1, 0.15) is 12.0 Å². The van der Waals surface area contributed by atoms with E-state index in [9.17, 15) is 13.5 Å². The number of aliphatic hydroxyl groups excluding tert-OH is 1. The molecule has 1 unspecified atom stereocenters. The molecular weight excluding hydrogens is 440 g/mol. The first kappa shape index (κ1) is 23.8. The lowest BCUT2D eigenvalue weighted by Gasteiger charge is -2.30. The van der Waals surface area contributed by atoms with E-state index in [0.717, 1.165) is 24.7 Å². The van der Waals surface area contributed by atoms with Crippen LogP contribution in [0.15, 0.2) is 48.5 Å². The lowest BCUT2D eigenvalue weighted by molar-refractivity contribution is 0.0921. The molecule has 1 saturated heterocycles. The third kappa shape index (κ3) is 6.82. The highest BCUT2D eigenvalue weighted by atomic mass is 35.5. The van der Waals surface area contributed by atoms with E-state index in [0.29, 0.717) is 36.2 Å². The van der Waals surface area contributed by atoms with Crippen molar-refractivity contribution in [3.05, 3.63) is 59.1 Å². The van der Waals surface area contributed by atoms with E-state index in [2.05, 4.69) is 5.32 Å².